The Bertz CT molecular complexity index is 299. The zero-order valence-corrected chi connectivity index (χ0v) is 12.0. The maximum Gasteiger partial charge on any atom is 0.410 e. The number of nitrogens with zero attached hydrogens (tertiary/aromatic N) is 1. The van der Waals surface area contributed by atoms with E-state index in [1.807, 2.05) is 25.7 Å². The molecule has 104 valence electrons. The van der Waals surface area contributed by atoms with Crippen LogP contribution >= 0.6 is 0 Å². The number of likely N-dealkylation sites (tertiary alicyclic amines) is 1. The summed E-state index contributed by atoms with van der Waals surface area (Å²) < 4.78 is 5.39. The second kappa shape index (κ2) is 5.08. The zero-order valence-electron chi connectivity index (χ0n) is 12.0. The van der Waals surface area contributed by atoms with Crippen LogP contribution in [0.5, 0.6) is 0 Å². The van der Waals surface area contributed by atoms with Crippen LogP contribution < -0.4 is 5.32 Å². The molecule has 0 radical (unpaired) electrons. The molecule has 2 atom stereocenters. The van der Waals surface area contributed by atoms with Crippen molar-refractivity contribution in [3.05, 3.63) is 0 Å². The smallest absolute Gasteiger partial charge is 0.410 e. The molecular weight excluding hydrogens is 228 g/mol. The molecule has 4 nitrogen and oxygen atoms in total. The average Bonchev–Trinajstić information content (AvgIpc) is 2.72. The third-order valence-corrected chi connectivity index (χ3v) is 3.76. The number of unbranched alkanes of at least 4 members (excludes halogenated alkanes) is 1. The molecule has 2 rings (SSSR count). The Morgan fingerprint density at radius 3 is 2.44 bits per heavy atom. The second-order valence-electron chi connectivity index (χ2n) is 6.55. The van der Waals surface area contributed by atoms with Crippen LogP contribution in [0.25, 0.3) is 0 Å². The van der Waals surface area contributed by atoms with Crippen molar-refractivity contribution in [2.75, 3.05) is 19.6 Å². The highest BCUT2D eigenvalue weighted by molar-refractivity contribution is 5.69. The number of carbonyl (C=O) groups is 1. The number of carbonyl (C=O) groups excluding carboxylic acids is 1. The van der Waals surface area contributed by atoms with Crippen LogP contribution in [0.1, 0.15) is 40.5 Å². The SMILES string of the molecule is CCCCNC1C2CN(C(=O)OC(C)(C)C)CC21. The summed E-state index contributed by atoms with van der Waals surface area (Å²) in [6, 6.07) is 0.648. The van der Waals surface area contributed by atoms with Crippen molar-refractivity contribution in [2.45, 2.75) is 52.2 Å². The van der Waals surface area contributed by atoms with E-state index in [0.29, 0.717) is 17.9 Å². The van der Waals surface area contributed by atoms with Gasteiger partial charge in [0, 0.05) is 19.1 Å². The average molecular weight is 254 g/mol. The van der Waals surface area contributed by atoms with E-state index < -0.39 is 0 Å². The Labute approximate surface area is 110 Å². The third-order valence-electron chi connectivity index (χ3n) is 3.76. The van der Waals surface area contributed by atoms with Gasteiger partial charge in [-0.3, -0.25) is 0 Å². The molecule has 1 heterocycles. The molecule has 1 N–H and O–H groups in total. The van der Waals surface area contributed by atoms with Gasteiger partial charge in [0.2, 0.25) is 0 Å². The van der Waals surface area contributed by atoms with Gasteiger partial charge >= 0.3 is 6.09 Å². The summed E-state index contributed by atoms with van der Waals surface area (Å²) in [5.41, 5.74) is -0.386. The first kappa shape index (κ1) is 13.7. The molecule has 1 amide bonds. The lowest BCUT2D eigenvalue weighted by atomic mass is 10.2. The number of ether oxygens (including phenoxy) is 1. The van der Waals surface area contributed by atoms with Crippen LogP contribution in [0.4, 0.5) is 4.79 Å². The Morgan fingerprint density at radius 2 is 1.94 bits per heavy atom. The summed E-state index contributed by atoms with van der Waals surface area (Å²) in [6.45, 7) is 10.8. The van der Waals surface area contributed by atoms with Crippen molar-refractivity contribution >= 4 is 6.09 Å². The zero-order chi connectivity index (χ0) is 13.3. The largest absolute Gasteiger partial charge is 0.444 e. The van der Waals surface area contributed by atoms with Gasteiger partial charge in [-0.2, -0.15) is 0 Å². The summed E-state index contributed by atoms with van der Waals surface area (Å²) in [5.74, 6) is 1.32. The minimum absolute atomic E-state index is 0.151. The van der Waals surface area contributed by atoms with E-state index >= 15 is 0 Å². The highest BCUT2D eigenvalue weighted by Gasteiger charge is 2.56. The molecule has 4 heteroatoms. The first-order valence-corrected chi connectivity index (χ1v) is 7.13. The van der Waals surface area contributed by atoms with Crippen LogP contribution in [0, 0.1) is 11.8 Å². The number of piperidine rings is 1. The van der Waals surface area contributed by atoms with Crippen molar-refractivity contribution in [1.82, 2.24) is 10.2 Å². The molecule has 1 saturated heterocycles. The fourth-order valence-electron chi connectivity index (χ4n) is 2.75. The molecule has 2 aliphatic rings. The van der Waals surface area contributed by atoms with E-state index in [-0.39, 0.29) is 11.7 Å². The molecule has 2 unspecified atom stereocenters. The molecule has 0 aromatic heterocycles. The first-order valence-electron chi connectivity index (χ1n) is 7.13. The first-order chi connectivity index (χ1) is 8.42. The summed E-state index contributed by atoms with van der Waals surface area (Å²) in [6.07, 6.45) is 2.33. The Morgan fingerprint density at radius 1 is 1.33 bits per heavy atom. The van der Waals surface area contributed by atoms with E-state index in [9.17, 15) is 4.79 Å². The fraction of sp³-hybridized carbons (Fsp3) is 0.929. The lowest BCUT2D eigenvalue weighted by Crippen LogP contribution is -2.39. The van der Waals surface area contributed by atoms with Crippen LogP contribution in [0.3, 0.4) is 0 Å². The number of rotatable bonds is 4. The van der Waals surface area contributed by atoms with Gasteiger partial charge in [-0.25, -0.2) is 4.79 Å². The summed E-state index contributed by atoms with van der Waals surface area (Å²) in [5, 5.41) is 3.59. The second-order valence-corrected chi connectivity index (χ2v) is 6.55. The molecule has 0 aromatic rings. The van der Waals surface area contributed by atoms with Crippen molar-refractivity contribution < 1.29 is 9.53 Å². The Hall–Kier alpha value is -0.770. The van der Waals surface area contributed by atoms with Crippen LogP contribution in [0.15, 0.2) is 0 Å². The minimum Gasteiger partial charge on any atom is -0.444 e. The lowest BCUT2D eigenvalue weighted by Gasteiger charge is -2.26. The Kier molecular flexibility index (Phi) is 3.85. The van der Waals surface area contributed by atoms with Gasteiger partial charge in [-0.15, -0.1) is 0 Å². The number of nitrogens with one attached hydrogen (secondary N) is 1. The predicted molar refractivity (Wildman–Crippen MR) is 71.5 cm³/mol. The molecule has 1 aliphatic heterocycles. The molecule has 1 saturated carbocycles. The van der Waals surface area contributed by atoms with Gasteiger partial charge in [0.05, 0.1) is 0 Å². The Balaban J connectivity index is 1.69. The number of hydrogen-bond acceptors (Lipinski definition) is 3. The van der Waals surface area contributed by atoms with Crippen molar-refractivity contribution in [1.29, 1.82) is 0 Å². The molecule has 0 aromatic carbocycles. The molecule has 18 heavy (non-hydrogen) atoms. The molecule has 2 fully saturated rings. The van der Waals surface area contributed by atoms with E-state index in [2.05, 4.69) is 12.2 Å². The van der Waals surface area contributed by atoms with Crippen molar-refractivity contribution in [3.63, 3.8) is 0 Å². The van der Waals surface area contributed by atoms with Crippen LogP contribution in [-0.4, -0.2) is 42.3 Å². The van der Waals surface area contributed by atoms with Gasteiger partial charge < -0.3 is 15.0 Å². The summed E-state index contributed by atoms with van der Waals surface area (Å²) in [4.78, 5) is 13.7. The van der Waals surface area contributed by atoms with Gasteiger partial charge in [-0.05, 0) is 45.6 Å². The van der Waals surface area contributed by atoms with Gasteiger partial charge in [0.15, 0.2) is 0 Å². The topological polar surface area (TPSA) is 41.6 Å². The van der Waals surface area contributed by atoms with Crippen LogP contribution in [0.2, 0.25) is 0 Å². The number of hydrogen-bond donors (Lipinski definition) is 1. The lowest BCUT2D eigenvalue weighted by molar-refractivity contribution is 0.0269. The van der Waals surface area contributed by atoms with Gasteiger partial charge in [-0.1, -0.05) is 13.3 Å². The molecule has 0 bridgehead atoms. The van der Waals surface area contributed by atoms with E-state index in [4.69, 9.17) is 4.74 Å². The van der Waals surface area contributed by atoms with E-state index in [1.54, 1.807) is 0 Å². The quantitative estimate of drug-likeness (QED) is 0.782. The maximum absolute atomic E-state index is 11.9. The normalized spacial score (nSPS) is 30.2. The number of amides is 1. The van der Waals surface area contributed by atoms with Gasteiger partial charge in [0.1, 0.15) is 5.60 Å². The van der Waals surface area contributed by atoms with Crippen molar-refractivity contribution in [2.24, 2.45) is 11.8 Å². The molecule has 1 aliphatic carbocycles. The highest BCUT2D eigenvalue weighted by Crippen LogP contribution is 2.45. The third kappa shape index (κ3) is 3.16. The maximum atomic E-state index is 11.9. The minimum atomic E-state index is -0.386. The standard InChI is InChI=1S/C14H26N2O2/c1-5-6-7-15-12-10-8-16(9-11(10)12)13(17)18-14(2,3)4/h10-12,15H,5-9H2,1-4H3. The van der Waals surface area contributed by atoms with Crippen LogP contribution in [-0.2, 0) is 4.74 Å². The molecular formula is C14H26N2O2. The fourth-order valence-corrected chi connectivity index (χ4v) is 2.75. The summed E-state index contributed by atoms with van der Waals surface area (Å²) in [7, 11) is 0. The summed E-state index contributed by atoms with van der Waals surface area (Å²) >= 11 is 0. The van der Waals surface area contributed by atoms with E-state index in [1.165, 1.54) is 12.8 Å². The monoisotopic (exact) mass is 254 g/mol. The predicted octanol–water partition coefficient (Wildman–Crippen LogP) is 2.24. The molecule has 0 spiro atoms. The number of fused-ring (bicyclic) bond motifs is 1. The van der Waals surface area contributed by atoms with Crippen molar-refractivity contribution in [3.8, 4) is 0 Å². The van der Waals surface area contributed by atoms with E-state index in [0.717, 1.165) is 19.6 Å². The highest BCUT2D eigenvalue weighted by atomic mass is 16.6. The van der Waals surface area contributed by atoms with Gasteiger partial charge in [0.25, 0.3) is 0 Å².